The maximum Gasteiger partial charge on any atom is 0.322 e. The monoisotopic (exact) mass is 244 g/mol. The van der Waals surface area contributed by atoms with Crippen molar-refractivity contribution in [3.63, 3.8) is 0 Å². The summed E-state index contributed by atoms with van der Waals surface area (Å²) in [5, 5.41) is 2.73. The second-order valence-electron chi connectivity index (χ2n) is 3.69. The first-order valence-corrected chi connectivity index (χ1v) is 5.92. The summed E-state index contributed by atoms with van der Waals surface area (Å²) in [4.78, 5) is 35.4. The zero-order valence-corrected chi connectivity index (χ0v) is 9.58. The van der Waals surface area contributed by atoms with Crippen LogP contribution in [-0.2, 0) is 14.3 Å². The van der Waals surface area contributed by atoms with Crippen LogP contribution in [0.15, 0.2) is 0 Å². The predicted octanol–water partition coefficient (Wildman–Crippen LogP) is -0.415. The molecule has 2 aliphatic rings. The standard InChI is InChI=1S/C9H12N2O4S/c1-15-8(13)6-2-5(3-10-6)11-7(12)4-16-9(11)14/h5-6,10H,2-4H2,1H3/t5-,6-/m0/s1. The van der Waals surface area contributed by atoms with E-state index in [0.717, 1.165) is 11.8 Å². The summed E-state index contributed by atoms with van der Waals surface area (Å²) in [7, 11) is 1.32. The Kier molecular flexibility index (Phi) is 3.15. The van der Waals surface area contributed by atoms with Gasteiger partial charge in [-0.3, -0.25) is 19.3 Å². The number of ether oxygens (including phenoxy) is 1. The van der Waals surface area contributed by atoms with Gasteiger partial charge in [0.25, 0.3) is 5.24 Å². The van der Waals surface area contributed by atoms with Gasteiger partial charge in [0.15, 0.2) is 0 Å². The van der Waals surface area contributed by atoms with Gasteiger partial charge in [0.05, 0.1) is 18.9 Å². The van der Waals surface area contributed by atoms with Crippen LogP contribution < -0.4 is 5.32 Å². The van der Waals surface area contributed by atoms with Gasteiger partial charge in [0.1, 0.15) is 6.04 Å². The van der Waals surface area contributed by atoms with Crippen molar-refractivity contribution in [1.29, 1.82) is 0 Å². The second-order valence-corrected chi connectivity index (χ2v) is 4.62. The molecule has 0 saturated carbocycles. The fourth-order valence-corrected chi connectivity index (χ4v) is 2.73. The highest BCUT2D eigenvalue weighted by Crippen LogP contribution is 2.25. The first-order chi connectivity index (χ1) is 7.63. The first kappa shape index (κ1) is 11.4. The molecule has 1 N–H and O–H groups in total. The molecule has 0 aromatic carbocycles. The lowest BCUT2D eigenvalue weighted by atomic mass is 10.1. The van der Waals surface area contributed by atoms with E-state index in [4.69, 9.17) is 0 Å². The SMILES string of the molecule is COC(=O)[C@@H]1C[C@H](N2C(=O)CSC2=O)CN1. The molecule has 16 heavy (non-hydrogen) atoms. The van der Waals surface area contributed by atoms with Gasteiger partial charge in [-0.25, -0.2) is 0 Å². The van der Waals surface area contributed by atoms with Gasteiger partial charge >= 0.3 is 5.97 Å². The molecular formula is C9H12N2O4S. The van der Waals surface area contributed by atoms with E-state index in [1.54, 1.807) is 0 Å². The van der Waals surface area contributed by atoms with Crippen LogP contribution in [0.1, 0.15) is 6.42 Å². The fourth-order valence-electron chi connectivity index (χ4n) is 1.95. The van der Waals surface area contributed by atoms with Crippen LogP contribution in [0.2, 0.25) is 0 Å². The first-order valence-electron chi connectivity index (χ1n) is 4.93. The van der Waals surface area contributed by atoms with E-state index < -0.39 is 6.04 Å². The van der Waals surface area contributed by atoms with Gasteiger partial charge in [-0.05, 0) is 6.42 Å². The third kappa shape index (κ3) is 1.92. The van der Waals surface area contributed by atoms with Crippen molar-refractivity contribution in [2.75, 3.05) is 19.4 Å². The normalized spacial score (nSPS) is 29.9. The summed E-state index contributed by atoms with van der Waals surface area (Å²) >= 11 is 1.01. The van der Waals surface area contributed by atoms with Crippen molar-refractivity contribution in [3.05, 3.63) is 0 Å². The summed E-state index contributed by atoms with van der Waals surface area (Å²) in [6.07, 6.45) is 0.435. The summed E-state index contributed by atoms with van der Waals surface area (Å²) in [5.74, 6) is -0.320. The number of carbonyl (C=O) groups is 3. The fraction of sp³-hybridized carbons (Fsp3) is 0.667. The third-order valence-electron chi connectivity index (χ3n) is 2.74. The molecule has 6 nitrogen and oxygen atoms in total. The molecule has 0 aromatic heterocycles. The van der Waals surface area contributed by atoms with Crippen molar-refractivity contribution < 1.29 is 19.1 Å². The van der Waals surface area contributed by atoms with Crippen LogP contribution in [-0.4, -0.2) is 53.5 Å². The van der Waals surface area contributed by atoms with Crippen molar-refractivity contribution >= 4 is 28.9 Å². The topological polar surface area (TPSA) is 75.7 Å². The Bertz CT molecular complexity index is 330. The number of amides is 2. The highest BCUT2D eigenvalue weighted by atomic mass is 32.2. The zero-order valence-electron chi connectivity index (χ0n) is 8.76. The Balaban J connectivity index is 2.00. The van der Waals surface area contributed by atoms with E-state index in [-0.39, 0.29) is 28.9 Å². The van der Waals surface area contributed by atoms with E-state index in [2.05, 4.69) is 10.1 Å². The number of thioether (sulfide) groups is 1. The Morgan fingerprint density at radius 3 is 2.88 bits per heavy atom. The van der Waals surface area contributed by atoms with Crippen LogP contribution >= 0.6 is 11.8 Å². The molecule has 7 heteroatoms. The van der Waals surface area contributed by atoms with Gasteiger partial charge in [0, 0.05) is 6.54 Å². The van der Waals surface area contributed by atoms with Crippen LogP contribution in [0.25, 0.3) is 0 Å². The van der Waals surface area contributed by atoms with Gasteiger partial charge < -0.3 is 10.1 Å². The predicted molar refractivity (Wildman–Crippen MR) is 56.9 cm³/mol. The lowest BCUT2D eigenvalue weighted by Gasteiger charge is -2.19. The molecular weight excluding hydrogens is 232 g/mol. The number of nitrogens with one attached hydrogen (secondary N) is 1. The van der Waals surface area contributed by atoms with Gasteiger partial charge in [-0.2, -0.15) is 0 Å². The van der Waals surface area contributed by atoms with Crippen molar-refractivity contribution in [3.8, 4) is 0 Å². The summed E-state index contributed by atoms with van der Waals surface area (Å²) in [6, 6.07) is -0.639. The maximum atomic E-state index is 11.5. The minimum Gasteiger partial charge on any atom is -0.468 e. The molecule has 2 rings (SSSR count). The average molecular weight is 244 g/mol. The largest absolute Gasteiger partial charge is 0.468 e. The molecule has 2 aliphatic heterocycles. The average Bonchev–Trinajstić information content (AvgIpc) is 2.85. The van der Waals surface area contributed by atoms with Crippen LogP contribution in [0.5, 0.6) is 0 Å². The molecule has 0 bridgehead atoms. The smallest absolute Gasteiger partial charge is 0.322 e. The minimum atomic E-state index is -0.416. The van der Waals surface area contributed by atoms with Crippen molar-refractivity contribution in [2.24, 2.45) is 0 Å². The van der Waals surface area contributed by atoms with Crippen LogP contribution in [0.4, 0.5) is 4.79 Å². The number of hydrogen-bond acceptors (Lipinski definition) is 6. The molecule has 0 aliphatic carbocycles. The number of hydrogen-bond donors (Lipinski definition) is 1. The summed E-state index contributed by atoms with van der Waals surface area (Å²) < 4.78 is 4.60. The number of imide groups is 1. The second kappa shape index (κ2) is 4.42. The Morgan fingerprint density at radius 1 is 1.56 bits per heavy atom. The summed E-state index contributed by atoms with van der Waals surface area (Å²) in [6.45, 7) is 0.456. The number of nitrogens with zero attached hydrogens (tertiary/aromatic N) is 1. The molecule has 0 spiro atoms. The number of methoxy groups -OCH3 is 1. The minimum absolute atomic E-state index is 0.174. The number of esters is 1. The molecule has 0 aromatic rings. The molecule has 88 valence electrons. The van der Waals surface area contributed by atoms with E-state index in [9.17, 15) is 14.4 Å². The van der Waals surface area contributed by atoms with Gasteiger partial charge in [-0.1, -0.05) is 11.8 Å². The quantitative estimate of drug-likeness (QED) is 0.665. The molecule has 0 unspecified atom stereocenters. The Labute approximate surface area is 96.7 Å². The Hall–Kier alpha value is -1.08. The highest BCUT2D eigenvalue weighted by Gasteiger charge is 2.41. The van der Waals surface area contributed by atoms with E-state index in [1.807, 2.05) is 0 Å². The van der Waals surface area contributed by atoms with Crippen molar-refractivity contribution in [2.45, 2.75) is 18.5 Å². The van der Waals surface area contributed by atoms with Crippen molar-refractivity contribution in [1.82, 2.24) is 10.2 Å². The highest BCUT2D eigenvalue weighted by molar-refractivity contribution is 8.14. The molecule has 0 radical (unpaired) electrons. The zero-order chi connectivity index (χ0) is 11.7. The molecule has 2 atom stereocenters. The number of carbonyl (C=O) groups excluding carboxylic acids is 3. The van der Waals surface area contributed by atoms with Gasteiger partial charge in [-0.15, -0.1) is 0 Å². The molecule has 2 saturated heterocycles. The molecule has 2 fully saturated rings. The Morgan fingerprint density at radius 2 is 2.31 bits per heavy atom. The lowest BCUT2D eigenvalue weighted by molar-refractivity contribution is -0.143. The van der Waals surface area contributed by atoms with E-state index in [0.29, 0.717) is 13.0 Å². The van der Waals surface area contributed by atoms with E-state index in [1.165, 1.54) is 12.0 Å². The van der Waals surface area contributed by atoms with Crippen LogP contribution in [0, 0.1) is 0 Å². The van der Waals surface area contributed by atoms with Crippen LogP contribution in [0.3, 0.4) is 0 Å². The molecule has 2 amide bonds. The third-order valence-corrected chi connectivity index (χ3v) is 3.58. The number of rotatable bonds is 2. The lowest BCUT2D eigenvalue weighted by Crippen LogP contribution is -2.40. The summed E-state index contributed by atoms with van der Waals surface area (Å²) in [5.41, 5.74) is 0. The van der Waals surface area contributed by atoms with Gasteiger partial charge in [0.2, 0.25) is 5.91 Å². The maximum absolute atomic E-state index is 11.5. The molecule has 2 heterocycles. The van der Waals surface area contributed by atoms with E-state index >= 15 is 0 Å².